The summed E-state index contributed by atoms with van der Waals surface area (Å²) in [5.41, 5.74) is -1.48. The normalized spacial score (nSPS) is 25.0. The van der Waals surface area contributed by atoms with Crippen LogP contribution in [0.4, 0.5) is 0 Å². The molecule has 5 heteroatoms. The zero-order valence-electron chi connectivity index (χ0n) is 11.7. The fourth-order valence-corrected chi connectivity index (χ4v) is 2.10. The van der Waals surface area contributed by atoms with Gasteiger partial charge in [0, 0.05) is 6.54 Å². The van der Waals surface area contributed by atoms with Crippen molar-refractivity contribution in [2.75, 3.05) is 13.2 Å². The van der Waals surface area contributed by atoms with Crippen molar-refractivity contribution in [1.29, 1.82) is 0 Å². The Bertz CT molecular complexity index is 334. The molecule has 0 bridgehead atoms. The Morgan fingerprint density at radius 3 is 2.44 bits per heavy atom. The molecule has 5 nitrogen and oxygen atoms in total. The Labute approximate surface area is 108 Å². The molecule has 1 saturated heterocycles. The van der Waals surface area contributed by atoms with Crippen LogP contribution in [0.3, 0.4) is 0 Å². The number of amides is 1. The van der Waals surface area contributed by atoms with Gasteiger partial charge in [0.2, 0.25) is 5.91 Å². The molecule has 1 heterocycles. The second-order valence-electron chi connectivity index (χ2n) is 5.98. The monoisotopic (exact) mass is 257 g/mol. The molecule has 0 aromatic rings. The van der Waals surface area contributed by atoms with E-state index in [4.69, 9.17) is 4.74 Å². The van der Waals surface area contributed by atoms with E-state index in [1.807, 2.05) is 20.8 Å². The summed E-state index contributed by atoms with van der Waals surface area (Å²) in [6, 6.07) is 0. The van der Waals surface area contributed by atoms with Crippen molar-refractivity contribution < 1.29 is 19.4 Å². The second kappa shape index (κ2) is 5.26. The van der Waals surface area contributed by atoms with E-state index in [0.717, 1.165) is 12.8 Å². The van der Waals surface area contributed by atoms with Crippen LogP contribution in [0.25, 0.3) is 0 Å². The Morgan fingerprint density at radius 1 is 1.33 bits per heavy atom. The molecule has 0 aliphatic carbocycles. The van der Waals surface area contributed by atoms with E-state index < -0.39 is 17.1 Å². The van der Waals surface area contributed by atoms with Crippen molar-refractivity contribution in [3.05, 3.63) is 0 Å². The summed E-state index contributed by atoms with van der Waals surface area (Å²) in [6.07, 6.45) is 2.19. The number of nitrogens with zero attached hydrogens (tertiary/aromatic N) is 1. The van der Waals surface area contributed by atoms with Gasteiger partial charge in [-0.3, -0.25) is 4.79 Å². The van der Waals surface area contributed by atoms with Crippen molar-refractivity contribution in [1.82, 2.24) is 4.90 Å². The molecule has 18 heavy (non-hydrogen) atoms. The van der Waals surface area contributed by atoms with Crippen LogP contribution in [0.2, 0.25) is 0 Å². The topological polar surface area (TPSA) is 66.8 Å². The SMILES string of the molecule is CC(C)(C)OCC(=O)N1CCCCC1(C)C(=O)O. The molecule has 1 rings (SSSR count). The summed E-state index contributed by atoms with van der Waals surface area (Å²) < 4.78 is 5.43. The lowest BCUT2D eigenvalue weighted by Gasteiger charge is -2.41. The minimum Gasteiger partial charge on any atom is -0.480 e. The summed E-state index contributed by atoms with van der Waals surface area (Å²) in [5.74, 6) is -1.18. The number of ether oxygens (including phenoxy) is 1. The van der Waals surface area contributed by atoms with Crippen LogP contribution in [0.1, 0.15) is 47.0 Å². The van der Waals surface area contributed by atoms with Gasteiger partial charge in [0.25, 0.3) is 0 Å². The first-order chi connectivity index (χ1) is 8.17. The number of likely N-dealkylation sites (tertiary alicyclic amines) is 1. The number of carbonyl (C=O) groups is 2. The maximum atomic E-state index is 12.1. The molecule has 1 unspecified atom stereocenters. The third kappa shape index (κ3) is 3.45. The van der Waals surface area contributed by atoms with E-state index in [9.17, 15) is 14.7 Å². The predicted molar refractivity (Wildman–Crippen MR) is 67.3 cm³/mol. The Kier molecular flexibility index (Phi) is 4.37. The van der Waals surface area contributed by atoms with Gasteiger partial charge in [-0.05, 0) is 47.0 Å². The molecule has 1 N–H and O–H groups in total. The largest absolute Gasteiger partial charge is 0.480 e. The predicted octanol–water partition coefficient (Wildman–Crippen LogP) is 1.66. The van der Waals surface area contributed by atoms with Gasteiger partial charge in [-0.1, -0.05) is 0 Å². The molecule has 0 aromatic carbocycles. The van der Waals surface area contributed by atoms with Crippen LogP contribution in [0, 0.1) is 0 Å². The molecule has 1 atom stereocenters. The summed E-state index contributed by atoms with van der Waals surface area (Å²) in [5, 5.41) is 9.31. The smallest absolute Gasteiger partial charge is 0.329 e. The summed E-state index contributed by atoms with van der Waals surface area (Å²) in [6.45, 7) is 7.65. The van der Waals surface area contributed by atoms with Gasteiger partial charge in [0.05, 0.1) is 5.60 Å². The van der Waals surface area contributed by atoms with E-state index in [2.05, 4.69) is 0 Å². The third-order valence-electron chi connectivity index (χ3n) is 3.28. The second-order valence-corrected chi connectivity index (χ2v) is 5.98. The Balaban J connectivity index is 2.72. The average molecular weight is 257 g/mol. The molecular weight excluding hydrogens is 234 g/mol. The maximum absolute atomic E-state index is 12.1. The fraction of sp³-hybridized carbons (Fsp3) is 0.846. The molecule has 1 aliphatic heterocycles. The highest BCUT2D eigenvalue weighted by Gasteiger charge is 2.43. The number of hydrogen-bond donors (Lipinski definition) is 1. The van der Waals surface area contributed by atoms with Crippen LogP contribution in [-0.2, 0) is 14.3 Å². The third-order valence-corrected chi connectivity index (χ3v) is 3.28. The highest BCUT2D eigenvalue weighted by atomic mass is 16.5. The van der Waals surface area contributed by atoms with Gasteiger partial charge in [-0.2, -0.15) is 0 Å². The molecule has 0 radical (unpaired) electrons. The van der Waals surface area contributed by atoms with E-state index in [0.29, 0.717) is 13.0 Å². The number of carbonyl (C=O) groups excluding carboxylic acids is 1. The standard InChI is InChI=1S/C13H23NO4/c1-12(2,3)18-9-10(15)14-8-6-5-7-13(14,4)11(16)17/h5-9H2,1-4H3,(H,16,17). The van der Waals surface area contributed by atoms with Crippen molar-refractivity contribution in [3.8, 4) is 0 Å². The molecule has 0 saturated carbocycles. The zero-order valence-corrected chi connectivity index (χ0v) is 11.7. The van der Waals surface area contributed by atoms with Gasteiger partial charge in [0.15, 0.2) is 0 Å². The van der Waals surface area contributed by atoms with Gasteiger partial charge in [-0.25, -0.2) is 4.79 Å². The molecule has 1 amide bonds. The van der Waals surface area contributed by atoms with Crippen molar-refractivity contribution in [2.45, 2.75) is 58.1 Å². The summed E-state index contributed by atoms with van der Waals surface area (Å²) in [7, 11) is 0. The Morgan fingerprint density at radius 2 is 1.94 bits per heavy atom. The van der Waals surface area contributed by atoms with Crippen LogP contribution in [0.15, 0.2) is 0 Å². The van der Waals surface area contributed by atoms with Gasteiger partial charge < -0.3 is 14.7 Å². The molecule has 1 aliphatic rings. The lowest BCUT2D eigenvalue weighted by Crippen LogP contribution is -2.58. The lowest BCUT2D eigenvalue weighted by molar-refractivity contribution is -0.164. The number of hydrogen-bond acceptors (Lipinski definition) is 3. The number of aliphatic carboxylic acids is 1. The van der Waals surface area contributed by atoms with E-state index in [1.165, 1.54) is 4.90 Å². The first-order valence-corrected chi connectivity index (χ1v) is 6.35. The highest BCUT2D eigenvalue weighted by Crippen LogP contribution is 2.28. The van der Waals surface area contributed by atoms with Crippen molar-refractivity contribution in [3.63, 3.8) is 0 Å². The number of carboxylic acids is 1. The minimum atomic E-state index is -1.09. The van der Waals surface area contributed by atoms with Gasteiger partial charge in [-0.15, -0.1) is 0 Å². The zero-order chi connectivity index (χ0) is 14.0. The van der Waals surface area contributed by atoms with Crippen LogP contribution in [-0.4, -0.2) is 46.2 Å². The highest BCUT2D eigenvalue weighted by molar-refractivity contribution is 5.87. The van der Waals surface area contributed by atoms with Crippen molar-refractivity contribution in [2.24, 2.45) is 0 Å². The van der Waals surface area contributed by atoms with Gasteiger partial charge in [0.1, 0.15) is 12.1 Å². The van der Waals surface area contributed by atoms with Gasteiger partial charge >= 0.3 is 5.97 Å². The van der Waals surface area contributed by atoms with Crippen molar-refractivity contribution >= 4 is 11.9 Å². The molecular formula is C13H23NO4. The summed E-state index contributed by atoms with van der Waals surface area (Å²) >= 11 is 0. The molecule has 104 valence electrons. The number of rotatable bonds is 3. The maximum Gasteiger partial charge on any atom is 0.329 e. The first-order valence-electron chi connectivity index (χ1n) is 6.35. The molecule has 0 spiro atoms. The van der Waals surface area contributed by atoms with Crippen LogP contribution in [0.5, 0.6) is 0 Å². The molecule has 0 aromatic heterocycles. The van der Waals surface area contributed by atoms with Crippen LogP contribution >= 0.6 is 0 Å². The lowest BCUT2D eigenvalue weighted by atomic mass is 9.88. The first kappa shape index (κ1) is 15.0. The number of carboxylic acid groups (broad SMARTS) is 1. The quantitative estimate of drug-likeness (QED) is 0.835. The van der Waals surface area contributed by atoms with E-state index in [-0.39, 0.29) is 12.5 Å². The van der Waals surface area contributed by atoms with Crippen LogP contribution < -0.4 is 0 Å². The summed E-state index contributed by atoms with van der Waals surface area (Å²) in [4.78, 5) is 24.9. The van der Waals surface area contributed by atoms with E-state index in [1.54, 1.807) is 6.92 Å². The van der Waals surface area contributed by atoms with E-state index >= 15 is 0 Å². The fourth-order valence-electron chi connectivity index (χ4n) is 2.10. The average Bonchev–Trinajstić information content (AvgIpc) is 2.25. The molecule has 1 fully saturated rings. The Hall–Kier alpha value is -1.10. The minimum absolute atomic E-state index is 0.0631. The number of piperidine rings is 1.